The molecule has 1 rings (SSSR count). The van der Waals surface area contributed by atoms with E-state index < -0.39 is 5.82 Å². The maximum atomic E-state index is 12.9. The first-order valence-electron chi connectivity index (χ1n) is 3.86. The summed E-state index contributed by atoms with van der Waals surface area (Å²) in [7, 11) is 0. The molecule has 0 fully saturated rings. The molecule has 1 aromatic rings. The number of phenolic OH excluding ortho intramolecular Hbond substituents is 2. The number of hydrogen-bond donors (Lipinski definition) is 2. The van der Waals surface area contributed by atoms with Crippen molar-refractivity contribution in [2.75, 3.05) is 0 Å². The predicted molar refractivity (Wildman–Crippen MR) is 43.7 cm³/mol. The topological polar surface area (TPSA) is 40.5 Å². The summed E-state index contributed by atoms with van der Waals surface area (Å²) < 4.78 is 12.9. The Bertz CT molecular complexity index is 284. The lowest BCUT2D eigenvalue weighted by Crippen LogP contribution is -1.90. The van der Waals surface area contributed by atoms with Crippen molar-refractivity contribution in [3.63, 3.8) is 0 Å². The third kappa shape index (κ3) is 1.49. The van der Waals surface area contributed by atoms with Crippen LogP contribution in [0, 0.1) is 5.82 Å². The van der Waals surface area contributed by atoms with Crippen molar-refractivity contribution in [1.82, 2.24) is 0 Å². The molecule has 0 unspecified atom stereocenters. The zero-order chi connectivity index (χ0) is 9.14. The van der Waals surface area contributed by atoms with Gasteiger partial charge in [0.25, 0.3) is 0 Å². The zero-order valence-corrected chi connectivity index (χ0v) is 6.84. The molecule has 0 aliphatic heterocycles. The largest absolute Gasteiger partial charge is 0.504 e. The highest BCUT2D eigenvalue weighted by Crippen LogP contribution is 2.31. The Morgan fingerprint density at radius 3 is 2.58 bits per heavy atom. The second-order valence-electron chi connectivity index (χ2n) is 2.64. The van der Waals surface area contributed by atoms with Gasteiger partial charge in [-0.3, -0.25) is 0 Å². The smallest absolute Gasteiger partial charge is 0.163 e. The number of rotatable bonds is 2. The van der Waals surface area contributed by atoms with Crippen LogP contribution in [-0.2, 0) is 6.42 Å². The van der Waals surface area contributed by atoms with E-state index in [0.29, 0.717) is 6.42 Å². The standard InChI is InChI=1S/C9H11FO2/c1-2-3-6-7(10)4-5-8(11)9(6)12/h4-5,11-12H,2-3H2,1H3. The maximum absolute atomic E-state index is 12.9. The van der Waals surface area contributed by atoms with Crippen molar-refractivity contribution in [1.29, 1.82) is 0 Å². The van der Waals surface area contributed by atoms with Gasteiger partial charge in [-0.05, 0) is 18.6 Å². The molecular weight excluding hydrogens is 159 g/mol. The lowest BCUT2D eigenvalue weighted by Gasteiger charge is -2.05. The van der Waals surface area contributed by atoms with Crippen LogP contribution in [0.5, 0.6) is 11.5 Å². The Hall–Kier alpha value is -1.25. The Labute approximate surface area is 70.3 Å². The molecule has 1 aromatic carbocycles. The van der Waals surface area contributed by atoms with Crippen LogP contribution in [0.2, 0.25) is 0 Å². The summed E-state index contributed by atoms with van der Waals surface area (Å²) in [6.07, 6.45) is 1.17. The van der Waals surface area contributed by atoms with Crippen molar-refractivity contribution in [2.45, 2.75) is 19.8 Å². The molecule has 12 heavy (non-hydrogen) atoms. The van der Waals surface area contributed by atoms with Crippen molar-refractivity contribution in [2.24, 2.45) is 0 Å². The van der Waals surface area contributed by atoms with Gasteiger partial charge in [0.2, 0.25) is 0 Å². The van der Waals surface area contributed by atoms with E-state index >= 15 is 0 Å². The SMILES string of the molecule is CCCc1c(F)ccc(O)c1O. The van der Waals surface area contributed by atoms with Crippen LogP contribution in [-0.4, -0.2) is 10.2 Å². The minimum absolute atomic E-state index is 0.192. The quantitative estimate of drug-likeness (QED) is 0.668. The van der Waals surface area contributed by atoms with Gasteiger partial charge in [0.05, 0.1) is 0 Å². The van der Waals surface area contributed by atoms with Crippen molar-refractivity contribution in [3.05, 3.63) is 23.5 Å². The van der Waals surface area contributed by atoms with Crippen LogP contribution < -0.4 is 0 Å². The fourth-order valence-electron chi connectivity index (χ4n) is 1.09. The molecule has 0 amide bonds. The lowest BCUT2D eigenvalue weighted by atomic mass is 10.1. The monoisotopic (exact) mass is 170 g/mol. The summed E-state index contributed by atoms with van der Waals surface area (Å²) in [4.78, 5) is 0. The highest BCUT2D eigenvalue weighted by atomic mass is 19.1. The van der Waals surface area contributed by atoms with E-state index in [2.05, 4.69) is 0 Å². The fraction of sp³-hybridized carbons (Fsp3) is 0.333. The van der Waals surface area contributed by atoms with Crippen molar-refractivity contribution >= 4 is 0 Å². The summed E-state index contributed by atoms with van der Waals surface area (Å²) in [5.41, 5.74) is 0.192. The molecule has 3 heteroatoms. The molecule has 0 atom stereocenters. The first kappa shape index (κ1) is 8.84. The maximum Gasteiger partial charge on any atom is 0.163 e. The second kappa shape index (κ2) is 3.43. The molecule has 0 saturated heterocycles. The fourth-order valence-corrected chi connectivity index (χ4v) is 1.09. The Morgan fingerprint density at radius 1 is 1.33 bits per heavy atom. The number of aromatic hydroxyl groups is 2. The number of phenols is 2. The summed E-state index contributed by atoms with van der Waals surface area (Å²) in [5.74, 6) is -1.07. The normalized spacial score (nSPS) is 10.2. The van der Waals surface area contributed by atoms with Gasteiger partial charge in [-0.15, -0.1) is 0 Å². The summed E-state index contributed by atoms with van der Waals surface area (Å²) in [6.45, 7) is 1.88. The average Bonchev–Trinajstić information content (AvgIpc) is 2.06. The zero-order valence-electron chi connectivity index (χ0n) is 6.84. The Kier molecular flexibility index (Phi) is 2.53. The van der Waals surface area contributed by atoms with Crippen LogP contribution in [0.15, 0.2) is 12.1 Å². The van der Waals surface area contributed by atoms with Gasteiger partial charge < -0.3 is 10.2 Å². The molecule has 0 heterocycles. The second-order valence-corrected chi connectivity index (χ2v) is 2.64. The molecule has 66 valence electrons. The molecule has 0 bridgehead atoms. The van der Waals surface area contributed by atoms with E-state index in [-0.39, 0.29) is 17.1 Å². The Balaban J connectivity index is 3.14. The average molecular weight is 170 g/mol. The summed E-state index contributed by atoms with van der Waals surface area (Å²) in [6, 6.07) is 2.30. The molecular formula is C9H11FO2. The van der Waals surface area contributed by atoms with Crippen LogP contribution in [0.3, 0.4) is 0 Å². The highest BCUT2D eigenvalue weighted by Gasteiger charge is 2.10. The first-order valence-corrected chi connectivity index (χ1v) is 3.86. The highest BCUT2D eigenvalue weighted by molar-refractivity contribution is 5.45. The molecule has 0 aromatic heterocycles. The molecule has 2 N–H and O–H groups in total. The summed E-state index contributed by atoms with van der Waals surface area (Å²) >= 11 is 0. The van der Waals surface area contributed by atoms with E-state index in [4.69, 9.17) is 5.11 Å². The molecule has 0 aliphatic carbocycles. The van der Waals surface area contributed by atoms with E-state index in [0.717, 1.165) is 18.6 Å². The van der Waals surface area contributed by atoms with E-state index in [1.54, 1.807) is 0 Å². The van der Waals surface area contributed by atoms with Crippen LogP contribution in [0.4, 0.5) is 4.39 Å². The molecule has 0 spiro atoms. The lowest BCUT2D eigenvalue weighted by molar-refractivity contribution is 0.393. The molecule has 0 saturated carbocycles. The van der Waals surface area contributed by atoms with Crippen LogP contribution in [0.25, 0.3) is 0 Å². The minimum Gasteiger partial charge on any atom is -0.504 e. The minimum atomic E-state index is -0.466. The number of hydrogen-bond acceptors (Lipinski definition) is 2. The number of halogens is 1. The summed E-state index contributed by atoms with van der Waals surface area (Å²) in [5, 5.41) is 18.3. The van der Waals surface area contributed by atoms with Gasteiger partial charge in [0.1, 0.15) is 5.82 Å². The first-order chi connectivity index (χ1) is 5.66. The third-order valence-electron chi connectivity index (χ3n) is 1.70. The molecule has 2 nitrogen and oxygen atoms in total. The van der Waals surface area contributed by atoms with Gasteiger partial charge in [-0.2, -0.15) is 0 Å². The number of benzene rings is 1. The Morgan fingerprint density at radius 2 is 2.00 bits per heavy atom. The van der Waals surface area contributed by atoms with Crippen LogP contribution in [0.1, 0.15) is 18.9 Å². The third-order valence-corrected chi connectivity index (χ3v) is 1.70. The van der Waals surface area contributed by atoms with Gasteiger partial charge in [-0.1, -0.05) is 13.3 Å². The van der Waals surface area contributed by atoms with Crippen molar-refractivity contribution in [3.8, 4) is 11.5 Å². The van der Waals surface area contributed by atoms with E-state index in [1.807, 2.05) is 6.92 Å². The molecule has 0 radical (unpaired) electrons. The molecule has 0 aliphatic rings. The predicted octanol–water partition coefficient (Wildman–Crippen LogP) is 2.19. The van der Waals surface area contributed by atoms with Gasteiger partial charge in [-0.25, -0.2) is 4.39 Å². The van der Waals surface area contributed by atoms with Gasteiger partial charge >= 0.3 is 0 Å². The van der Waals surface area contributed by atoms with E-state index in [1.165, 1.54) is 0 Å². The van der Waals surface area contributed by atoms with Gasteiger partial charge in [0.15, 0.2) is 11.5 Å². The van der Waals surface area contributed by atoms with Crippen LogP contribution >= 0.6 is 0 Å². The van der Waals surface area contributed by atoms with Crippen molar-refractivity contribution < 1.29 is 14.6 Å². The van der Waals surface area contributed by atoms with E-state index in [9.17, 15) is 9.50 Å². The van der Waals surface area contributed by atoms with Gasteiger partial charge in [0, 0.05) is 5.56 Å².